The molecule has 30 heavy (non-hydrogen) atoms. The molecule has 0 aliphatic carbocycles. The van der Waals surface area contributed by atoms with Crippen LogP contribution in [0.2, 0.25) is 10.3 Å². The number of rotatable bonds is 6. The number of anilines is 2. The number of methoxy groups -OCH3 is 1. The largest absolute Gasteiger partial charge is 0.494 e. The molecule has 0 saturated heterocycles. The molecule has 0 aliphatic rings. The summed E-state index contributed by atoms with van der Waals surface area (Å²) in [7, 11) is 1.62. The zero-order chi connectivity index (χ0) is 21.1. The molecule has 1 N–H and O–H groups in total. The van der Waals surface area contributed by atoms with E-state index in [2.05, 4.69) is 25.3 Å². The molecule has 2 aromatic heterocycles. The lowest BCUT2D eigenvalue weighted by Gasteiger charge is -2.12. The maximum atomic E-state index is 6.12. The summed E-state index contributed by atoms with van der Waals surface area (Å²) in [6.07, 6.45) is 4.19. The molecule has 9 heteroatoms. The van der Waals surface area contributed by atoms with Gasteiger partial charge in [0.2, 0.25) is 11.2 Å². The first-order valence-corrected chi connectivity index (χ1v) is 9.86. The van der Waals surface area contributed by atoms with Crippen molar-refractivity contribution in [1.82, 2.24) is 24.5 Å². The highest BCUT2D eigenvalue weighted by atomic mass is 35.5. The van der Waals surface area contributed by atoms with Crippen molar-refractivity contribution >= 4 is 34.8 Å². The number of ether oxygens (including phenoxy) is 1. The number of aryl methyl sites for hydroxylation is 1. The van der Waals surface area contributed by atoms with Crippen LogP contribution >= 0.6 is 23.2 Å². The summed E-state index contributed by atoms with van der Waals surface area (Å²) in [4.78, 5) is 17.1. The number of benzene rings is 2. The van der Waals surface area contributed by atoms with Gasteiger partial charge in [-0.3, -0.25) is 0 Å². The van der Waals surface area contributed by atoms with E-state index in [9.17, 15) is 0 Å². The zero-order valence-electron chi connectivity index (χ0n) is 16.3. The molecule has 0 aliphatic heterocycles. The van der Waals surface area contributed by atoms with E-state index in [0.29, 0.717) is 29.0 Å². The molecule has 2 aromatic carbocycles. The third-order valence-electron chi connectivity index (χ3n) is 4.36. The molecule has 0 spiro atoms. The van der Waals surface area contributed by atoms with Crippen molar-refractivity contribution in [3.8, 4) is 11.4 Å². The van der Waals surface area contributed by atoms with Crippen LogP contribution in [0.1, 0.15) is 17.1 Å². The number of nitrogens with one attached hydrogen (secondary N) is 1. The molecule has 152 valence electrons. The molecule has 0 amide bonds. The van der Waals surface area contributed by atoms with Gasteiger partial charge in [-0.25, -0.2) is 9.97 Å². The van der Waals surface area contributed by atoms with Gasteiger partial charge in [0.05, 0.1) is 24.8 Å². The minimum Gasteiger partial charge on any atom is -0.494 e. The van der Waals surface area contributed by atoms with Crippen molar-refractivity contribution in [3.05, 3.63) is 82.4 Å². The smallest absolute Gasteiger partial charge is 0.231 e. The molecular weight excluding hydrogens is 423 g/mol. The van der Waals surface area contributed by atoms with Gasteiger partial charge >= 0.3 is 0 Å². The SMILES string of the molecule is COc1cc(Nc2nc(Cl)nc(Cc3ccc(Cl)cc3)n2)ccc1-n1cnc(C)c1. The zero-order valence-corrected chi connectivity index (χ0v) is 17.8. The van der Waals surface area contributed by atoms with Crippen LogP contribution in [0, 0.1) is 6.92 Å². The fraction of sp³-hybridized carbons (Fsp3) is 0.143. The average molecular weight is 441 g/mol. The Balaban J connectivity index is 1.57. The second kappa shape index (κ2) is 8.69. The highest BCUT2D eigenvalue weighted by Crippen LogP contribution is 2.28. The molecule has 7 nitrogen and oxygen atoms in total. The van der Waals surface area contributed by atoms with Gasteiger partial charge in [-0.1, -0.05) is 23.7 Å². The molecule has 2 heterocycles. The fourth-order valence-electron chi connectivity index (χ4n) is 2.96. The van der Waals surface area contributed by atoms with Crippen LogP contribution in [0.15, 0.2) is 55.0 Å². The Hall–Kier alpha value is -3.16. The minimum absolute atomic E-state index is 0.119. The van der Waals surface area contributed by atoms with Gasteiger partial charge in [0.1, 0.15) is 11.6 Å². The summed E-state index contributed by atoms with van der Waals surface area (Å²) < 4.78 is 7.45. The van der Waals surface area contributed by atoms with Crippen LogP contribution in [-0.2, 0) is 6.42 Å². The molecule has 0 atom stereocenters. The van der Waals surface area contributed by atoms with Crippen LogP contribution in [-0.4, -0.2) is 31.6 Å². The lowest BCUT2D eigenvalue weighted by Crippen LogP contribution is -2.05. The summed E-state index contributed by atoms with van der Waals surface area (Å²) in [5, 5.41) is 3.96. The Morgan fingerprint density at radius 2 is 1.83 bits per heavy atom. The van der Waals surface area contributed by atoms with E-state index in [4.69, 9.17) is 27.9 Å². The van der Waals surface area contributed by atoms with E-state index >= 15 is 0 Å². The standard InChI is InChI=1S/C21H18Cl2N6O/c1-13-11-29(12-24-13)17-8-7-16(10-18(17)30-2)25-21-27-19(26-20(23)28-21)9-14-3-5-15(22)6-4-14/h3-8,10-12H,9H2,1-2H3,(H,25,26,27,28). The Bertz CT molecular complexity index is 1180. The van der Waals surface area contributed by atoms with Crippen LogP contribution in [0.3, 0.4) is 0 Å². The van der Waals surface area contributed by atoms with Crippen molar-refractivity contribution in [2.45, 2.75) is 13.3 Å². The predicted octanol–water partition coefficient (Wildman–Crippen LogP) is 5.02. The summed E-state index contributed by atoms with van der Waals surface area (Å²) >= 11 is 12.1. The van der Waals surface area contributed by atoms with Crippen molar-refractivity contribution in [2.24, 2.45) is 0 Å². The van der Waals surface area contributed by atoms with Gasteiger partial charge < -0.3 is 14.6 Å². The third-order valence-corrected chi connectivity index (χ3v) is 4.78. The number of imidazole rings is 1. The number of halogens is 2. The normalized spacial score (nSPS) is 10.8. The van der Waals surface area contributed by atoms with Crippen LogP contribution < -0.4 is 10.1 Å². The molecule has 0 unspecified atom stereocenters. The van der Waals surface area contributed by atoms with Gasteiger partial charge in [-0.15, -0.1) is 0 Å². The van der Waals surface area contributed by atoms with Gasteiger partial charge in [0.25, 0.3) is 0 Å². The summed E-state index contributed by atoms with van der Waals surface area (Å²) in [5.41, 5.74) is 3.58. The molecule has 0 saturated carbocycles. The fourth-order valence-corrected chi connectivity index (χ4v) is 3.27. The van der Waals surface area contributed by atoms with E-state index in [1.165, 1.54) is 0 Å². The van der Waals surface area contributed by atoms with Crippen LogP contribution in [0.5, 0.6) is 5.75 Å². The van der Waals surface area contributed by atoms with Crippen molar-refractivity contribution in [1.29, 1.82) is 0 Å². The van der Waals surface area contributed by atoms with E-state index in [1.54, 1.807) is 13.4 Å². The van der Waals surface area contributed by atoms with E-state index in [1.807, 2.05) is 60.2 Å². The lowest BCUT2D eigenvalue weighted by molar-refractivity contribution is 0.413. The second-order valence-electron chi connectivity index (χ2n) is 6.58. The van der Waals surface area contributed by atoms with Crippen molar-refractivity contribution < 1.29 is 4.74 Å². The monoisotopic (exact) mass is 440 g/mol. The highest BCUT2D eigenvalue weighted by molar-refractivity contribution is 6.30. The van der Waals surface area contributed by atoms with Crippen molar-refractivity contribution in [2.75, 3.05) is 12.4 Å². The molecule has 0 fully saturated rings. The van der Waals surface area contributed by atoms with Crippen molar-refractivity contribution in [3.63, 3.8) is 0 Å². The van der Waals surface area contributed by atoms with Gasteiger partial charge in [-0.05, 0) is 48.4 Å². The summed E-state index contributed by atoms with van der Waals surface area (Å²) in [6, 6.07) is 13.2. The number of aromatic nitrogens is 5. The van der Waals surface area contributed by atoms with Gasteiger partial charge in [-0.2, -0.15) is 9.97 Å². The van der Waals surface area contributed by atoms with Crippen LogP contribution in [0.4, 0.5) is 11.6 Å². The first-order chi connectivity index (χ1) is 14.5. The van der Waals surface area contributed by atoms with E-state index in [-0.39, 0.29) is 5.28 Å². The molecule has 0 bridgehead atoms. The Morgan fingerprint density at radius 1 is 1.03 bits per heavy atom. The second-order valence-corrected chi connectivity index (χ2v) is 7.36. The number of nitrogens with zero attached hydrogens (tertiary/aromatic N) is 5. The molecule has 4 rings (SSSR count). The van der Waals surface area contributed by atoms with E-state index < -0.39 is 0 Å². The molecule has 4 aromatic rings. The first-order valence-electron chi connectivity index (χ1n) is 9.11. The predicted molar refractivity (Wildman–Crippen MR) is 117 cm³/mol. The highest BCUT2D eigenvalue weighted by Gasteiger charge is 2.10. The Morgan fingerprint density at radius 3 is 2.53 bits per heavy atom. The van der Waals surface area contributed by atoms with E-state index in [0.717, 1.165) is 22.6 Å². The number of hydrogen-bond acceptors (Lipinski definition) is 6. The lowest BCUT2D eigenvalue weighted by atomic mass is 10.1. The quantitative estimate of drug-likeness (QED) is 0.453. The Labute approximate surface area is 183 Å². The maximum absolute atomic E-state index is 6.12. The molecule has 0 radical (unpaired) electrons. The third kappa shape index (κ3) is 4.69. The first kappa shape index (κ1) is 20.1. The molecular formula is C21H18Cl2N6O. The van der Waals surface area contributed by atoms with Gasteiger partial charge in [0, 0.05) is 29.4 Å². The minimum atomic E-state index is 0.119. The summed E-state index contributed by atoms with van der Waals surface area (Å²) in [5.74, 6) is 1.59. The maximum Gasteiger partial charge on any atom is 0.231 e. The van der Waals surface area contributed by atoms with Crippen LogP contribution in [0.25, 0.3) is 5.69 Å². The summed E-state index contributed by atoms with van der Waals surface area (Å²) in [6.45, 7) is 1.94. The van der Waals surface area contributed by atoms with Gasteiger partial charge in [0.15, 0.2) is 0 Å². The average Bonchev–Trinajstić information content (AvgIpc) is 3.15. The Kier molecular flexibility index (Phi) is 5.83. The number of hydrogen-bond donors (Lipinski definition) is 1. The topological polar surface area (TPSA) is 77.8 Å².